The lowest BCUT2D eigenvalue weighted by molar-refractivity contribution is -0.159. The van der Waals surface area contributed by atoms with Gasteiger partial charge in [-0.05, 0) is 55.7 Å². The van der Waals surface area contributed by atoms with E-state index in [0.717, 1.165) is 37.6 Å². The molecule has 0 radical (unpaired) electrons. The van der Waals surface area contributed by atoms with Gasteiger partial charge >= 0.3 is 0 Å². The largest absolute Gasteiger partial charge is 0.378 e. The van der Waals surface area contributed by atoms with Crippen LogP contribution in [-0.4, -0.2) is 79.8 Å². The molecular weight excluding hydrogens is 468 g/mol. The topological polar surface area (TPSA) is 103 Å². The fraction of sp³-hybridized carbons (Fsp3) is 0.680. The van der Waals surface area contributed by atoms with Crippen molar-refractivity contribution in [3.63, 3.8) is 0 Å². The van der Waals surface area contributed by atoms with Gasteiger partial charge in [0.2, 0.25) is 10.0 Å². The Labute approximate surface area is 207 Å². The highest BCUT2D eigenvalue weighted by Crippen LogP contribution is 2.35. The van der Waals surface area contributed by atoms with Gasteiger partial charge in [-0.25, -0.2) is 13.1 Å². The van der Waals surface area contributed by atoms with E-state index < -0.39 is 10.0 Å². The van der Waals surface area contributed by atoms with Crippen molar-refractivity contribution in [2.45, 2.75) is 62.7 Å². The van der Waals surface area contributed by atoms with Gasteiger partial charge < -0.3 is 14.4 Å². The van der Waals surface area contributed by atoms with E-state index in [1.54, 1.807) is 0 Å². The van der Waals surface area contributed by atoms with E-state index >= 15 is 0 Å². The zero-order chi connectivity index (χ0) is 24.6. The zero-order valence-corrected chi connectivity index (χ0v) is 21.4. The number of ether oxygens (including phenoxy) is 2. The molecule has 3 heterocycles. The Kier molecular flexibility index (Phi) is 7.16. The third-order valence-corrected chi connectivity index (χ3v) is 8.58. The molecule has 3 aliphatic rings. The monoisotopic (exact) mass is 504 g/mol. The second-order valence-electron chi connectivity index (χ2n) is 10.4. The summed E-state index contributed by atoms with van der Waals surface area (Å²) in [6, 6.07) is 6.41. The van der Waals surface area contributed by atoms with Gasteiger partial charge in [0.15, 0.2) is 0 Å². The summed E-state index contributed by atoms with van der Waals surface area (Å²) in [6.45, 7) is 2.11. The van der Waals surface area contributed by atoms with E-state index in [9.17, 15) is 13.2 Å². The number of likely N-dealkylation sites (tertiary alicyclic amines) is 1. The fourth-order valence-electron chi connectivity index (χ4n) is 5.72. The van der Waals surface area contributed by atoms with E-state index in [1.807, 2.05) is 22.8 Å². The molecule has 1 aromatic heterocycles. The number of sulfonamides is 1. The highest BCUT2D eigenvalue weighted by atomic mass is 32.2. The Morgan fingerprint density at radius 2 is 1.97 bits per heavy atom. The van der Waals surface area contributed by atoms with Crippen LogP contribution in [0, 0.1) is 5.92 Å². The summed E-state index contributed by atoms with van der Waals surface area (Å²) in [4.78, 5) is 14.5. The predicted molar refractivity (Wildman–Crippen MR) is 132 cm³/mol. The van der Waals surface area contributed by atoms with Crippen LogP contribution in [0.1, 0.15) is 50.0 Å². The molecular formula is C25H36N4O5S. The number of fused-ring (bicyclic) bond motifs is 1. The fourth-order valence-corrected chi connectivity index (χ4v) is 6.58. The first-order chi connectivity index (χ1) is 16.8. The lowest BCUT2D eigenvalue weighted by Gasteiger charge is -2.41. The van der Waals surface area contributed by atoms with Gasteiger partial charge in [0, 0.05) is 43.9 Å². The maximum atomic E-state index is 12.7. The van der Waals surface area contributed by atoms with Crippen LogP contribution >= 0.6 is 0 Å². The number of nitrogens with zero attached hydrogens (tertiary/aromatic N) is 3. The number of hydrogen-bond acceptors (Lipinski definition) is 6. The maximum absolute atomic E-state index is 12.7. The molecule has 192 valence electrons. The van der Waals surface area contributed by atoms with Crippen molar-refractivity contribution < 1.29 is 22.7 Å². The quantitative estimate of drug-likeness (QED) is 0.620. The molecule has 5 rings (SSSR count). The highest BCUT2D eigenvalue weighted by molar-refractivity contribution is 7.88. The minimum atomic E-state index is -3.34. The molecule has 35 heavy (non-hydrogen) atoms. The minimum Gasteiger partial charge on any atom is -0.378 e. The molecule has 2 aromatic rings. The van der Waals surface area contributed by atoms with Crippen LogP contribution < -0.4 is 4.72 Å². The van der Waals surface area contributed by atoms with E-state index in [4.69, 9.17) is 9.47 Å². The van der Waals surface area contributed by atoms with Crippen LogP contribution in [-0.2, 0) is 31.3 Å². The summed E-state index contributed by atoms with van der Waals surface area (Å²) in [6.07, 6.45) is 8.37. The standard InChI is InChI=1S/C25H36N4O5S/c1-28-23-8-5-18(13-19(23)14-26-28)17-3-6-21(7-4-17)34-16-20-15-29(25(30)24-10-12-33-24)11-9-22(20)27-35(2,31)32/h5,8,13-14,17,20-22,24,27H,3-4,6-7,9-12,15-16H2,1-2H3/t17?,20-,21?,22-,24?/m0/s1. The molecule has 0 bridgehead atoms. The van der Waals surface area contributed by atoms with E-state index in [0.29, 0.717) is 38.6 Å². The number of hydrogen-bond donors (Lipinski definition) is 1. The summed E-state index contributed by atoms with van der Waals surface area (Å²) < 4.78 is 40.2. The van der Waals surface area contributed by atoms with Crippen molar-refractivity contribution in [3.05, 3.63) is 30.0 Å². The second kappa shape index (κ2) is 10.2. The Bertz CT molecular complexity index is 1150. The number of amides is 1. The molecule has 1 N–H and O–H groups in total. The number of aryl methyl sites for hydroxylation is 1. The molecule has 10 heteroatoms. The maximum Gasteiger partial charge on any atom is 0.251 e. The third kappa shape index (κ3) is 5.71. The van der Waals surface area contributed by atoms with Crippen molar-refractivity contribution in [2.75, 3.05) is 32.6 Å². The predicted octanol–water partition coefficient (Wildman–Crippen LogP) is 2.17. The zero-order valence-electron chi connectivity index (χ0n) is 20.6. The average molecular weight is 505 g/mol. The van der Waals surface area contributed by atoms with E-state index in [-0.39, 0.29) is 30.1 Å². The summed E-state index contributed by atoms with van der Waals surface area (Å²) in [5.41, 5.74) is 2.51. The van der Waals surface area contributed by atoms with Gasteiger partial charge in [0.05, 0.1) is 37.3 Å². The number of carbonyl (C=O) groups is 1. The van der Waals surface area contributed by atoms with Gasteiger partial charge in [-0.1, -0.05) is 6.07 Å². The number of carbonyl (C=O) groups excluding carboxylic acids is 1. The van der Waals surface area contributed by atoms with Gasteiger partial charge in [-0.3, -0.25) is 9.48 Å². The molecule has 3 atom stereocenters. The lowest BCUT2D eigenvalue weighted by atomic mass is 9.82. The molecule has 9 nitrogen and oxygen atoms in total. The third-order valence-electron chi connectivity index (χ3n) is 7.85. The second-order valence-corrected chi connectivity index (χ2v) is 12.2. The van der Waals surface area contributed by atoms with Crippen LogP contribution in [0.2, 0.25) is 0 Å². The Morgan fingerprint density at radius 3 is 2.66 bits per heavy atom. The Morgan fingerprint density at radius 1 is 1.20 bits per heavy atom. The lowest BCUT2D eigenvalue weighted by Crippen LogP contribution is -2.56. The van der Waals surface area contributed by atoms with Crippen molar-refractivity contribution in [1.82, 2.24) is 19.4 Å². The first-order valence-electron chi connectivity index (χ1n) is 12.7. The average Bonchev–Trinajstić information content (AvgIpc) is 3.16. The highest BCUT2D eigenvalue weighted by Gasteiger charge is 2.38. The number of piperidine rings is 1. The van der Waals surface area contributed by atoms with Crippen LogP contribution in [0.4, 0.5) is 0 Å². The summed E-state index contributed by atoms with van der Waals surface area (Å²) in [5, 5.41) is 5.52. The number of rotatable bonds is 7. The van der Waals surface area contributed by atoms with Gasteiger partial charge in [0.25, 0.3) is 5.91 Å². The normalized spacial score (nSPS) is 29.8. The summed E-state index contributed by atoms with van der Waals surface area (Å²) in [5.74, 6) is 0.461. The number of aromatic nitrogens is 2. The first-order valence-corrected chi connectivity index (χ1v) is 14.6. The molecule has 3 fully saturated rings. The Balaban J connectivity index is 1.16. The van der Waals surface area contributed by atoms with Crippen LogP contribution in [0.3, 0.4) is 0 Å². The first kappa shape index (κ1) is 24.7. The molecule has 2 saturated heterocycles. The SMILES string of the molecule is Cn1ncc2cc(C3CCC(OC[C@@H]4CN(C(=O)C5CCO5)CC[C@@H]4NS(C)(=O)=O)CC3)ccc21. The van der Waals surface area contributed by atoms with E-state index in [2.05, 4.69) is 28.0 Å². The van der Waals surface area contributed by atoms with Crippen LogP contribution in [0.25, 0.3) is 10.9 Å². The van der Waals surface area contributed by atoms with Crippen molar-refractivity contribution in [1.29, 1.82) is 0 Å². The molecule has 1 amide bonds. The van der Waals surface area contributed by atoms with Gasteiger partial charge in [0.1, 0.15) is 6.10 Å². The molecule has 1 aliphatic carbocycles. The number of benzene rings is 1. The van der Waals surface area contributed by atoms with Crippen LogP contribution in [0.5, 0.6) is 0 Å². The molecule has 2 aliphatic heterocycles. The minimum absolute atomic E-state index is 0.0187. The van der Waals surface area contributed by atoms with Crippen molar-refractivity contribution in [2.24, 2.45) is 13.0 Å². The van der Waals surface area contributed by atoms with Crippen molar-refractivity contribution >= 4 is 26.8 Å². The molecule has 1 unspecified atom stereocenters. The summed E-state index contributed by atoms with van der Waals surface area (Å²) in [7, 11) is -1.38. The summed E-state index contributed by atoms with van der Waals surface area (Å²) >= 11 is 0. The number of nitrogens with one attached hydrogen (secondary N) is 1. The van der Waals surface area contributed by atoms with Crippen molar-refractivity contribution in [3.8, 4) is 0 Å². The van der Waals surface area contributed by atoms with Crippen LogP contribution in [0.15, 0.2) is 24.4 Å². The molecule has 0 spiro atoms. The smallest absolute Gasteiger partial charge is 0.251 e. The molecule has 1 saturated carbocycles. The van der Waals surface area contributed by atoms with E-state index in [1.165, 1.54) is 17.2 Å². The van der Waals surface area contributed by atoms with Gasteiger partial charge in [-0.15, -0.1) is 0 Å². The van der Waals surface area contributed by atoms with Gasteiger partial charge in [-0.2, -0.15) is 5.10 Å². The Hall–Kier alpha value is -2.01. The molecule has 1 aromatic carbocycles.